The molecule has 0 saturated heterocycles. The molecule has 114 valence electrons. The summed E-state index contributed by atoms with van der Waals surface area (Å²) < 4.78 is 12.7. The van der Waals surface area contributed by atoms with Crippen molar-refractivity contribution in [2.45, 2.75) is 32.4 Å². The van der Waals surface area contributed by atoms with E-state index in [4.69, 9.17) is 15.2 Å². The fraction of sp³-hybridized carbons (Fsp3) is 0.375. The fourth-order valence-corrected chi connectivity index (χ4v) is 3.46. The summed E-state index contributed by atoms with van der Waals surface area (Å²) in [4.78, 5) is 1.11. The Kier molecular flexibility index (Phi) is 6.08. The van der Waals surface area contributed by atoms with Crippen LogP contribution in [-0.4, -0.2) is 12.6 Å². The lowest BCUT2D eigenvalue weighted by Crippen LogP contribution is -2.28. The van der Waals surface area contributed by atoms with E-state index in [1.54, 1.807) is 11.3 Å². The Labute approximate surface area is 138 Å². The van der Waals surface area contributed by atoms with Crippen molar-refractivity contribution < 1.29 is 9.47 Å². The standard InChI is InChI=1S/C16H20BrNO2S/c1-3-10-19-12-4-6-13(7-5-12)20-16(11(2)18)14-8-9-15(17)21-14/h4-9,11,16H,3,10,18H2,1-2H3. The lowest BCUT2D eigenvalue weighted by molar-refractivity contribution is 0.184. The molecule has 1 heterocycles. The first-order valence-corrected chi connectivity index (χ1v) is 8.61. The van der Waals surface area contributed by atoms with Crippen LogP contribution in [-0.2, 0) is 0 Å². The van der Waals surface area contributed by atoms with Crippen molar-refractivity contribution in [3.05, 3.63) is 45.1 Å². The molecule has 1 aromatic heterocycles. The van der Waals surface area contributed by atoms with Gasteiger partial charge in [-0.05, 0) is 65.7 Å². The van der Waals surface area contributed by atoms with Crippen LogP contribution in [0.5, 0.6) is 11.5 Å². The van der Waals surface area contributed by atoms with Gasteiger partial charge in [-0.1, -0.05) is 6.92 Å². The highest BCUT2D eigenvalue weighted by atomic mass is 79.9. The predicted molar refractivity (Wildman–Crippen MR) is 91.3 cm³/mol. The van der Waals surface area contributed by atoms with E-state index >= 15 is 0 Å². The van der Waals surface area contributed by atoms with E-state index in [0.717, 1.165) is 33.2 Å². The summed E-state index contributed by atoms with van der Waals surface area (Å²) in [7, 11) is 0. The normalized spacial score (nSPS) is 13.7. The quantitative estimate of drug-likeness (QED) is 0.764. The average Bonchev–Trinajstić information content (AvgIpc) is 2.89. The van der Waals surface area contributed by atoms with E-state index in [9.17, 15) is 0 Å². The molecule has 2 atom stereocenters. The van der Waals surface area contributed by atoms with Crippen LogP contribution in [0.4, 0.5) is 0 Å². The first-order chi connectivity index (χ1) is 10.1. The van der Waals surface area contributed by atoms with Crippen molar-refractivity contribution >= 4 is 27.3 Å². The van der Waals surface area contributed by atoms with Gasteiger partial charge in [0.15, 0.2) is 0 Å². The second-order valence-corrected chi connectivity index (χ2v) is 7.35. The minimum absolute atomic E-state index is 0.0911. The summed E-state index contributed by atoms with van der Waals surface area (Å²) in [6.45, 7) is 4.77. The van der Waals surface area contributed by atoms with Gasteiger partial charge in [0.05, 0.1) is 10.4 Å². The number of thiophene rings is 1. The number of ether oxygens (including phenoxy) is 2. The monoisotopic (exact) mass is 369 g/mol. The fourth-order valence-electron chi connectivity index (χ4n) is 1.89. The molecule has 0 aliphatic heterocycles. The summed E-state index contributed by atoms with van der Waals surface area (Å²) in [5.74, 6) is 1.66. The number of nitrogens with two attached hydrogens (primary N) is 1. The molecule has 0 radical (unpaired) electrons. The van der Waals surface area contributed by atoms with Gasteiger partial charge in [0.2, 0.25) is 0 Å². The van der Waals surface area contributed by atoms with E-state index in [2.05, 4.69) is 22.9 Å². The maximum Gasteiger partial charge on any atom is 0.148 e. The Hall–Kier alpha value is -1.04. The molecule has 2 N–H and O–H groups in total. The Bertz CT molecular complexity index is 554. The molecule has 0 amide bonds. The number of benzene rings is 1. The van der Waals surface area contributed by atoms with Crippen molar-refractivity contribution in [2.75, 3.05) is 6.61 Å². The van der Waals surface area contributed by atoms with Gasteiger partial charge < -0.3 is 15.2 Å². The van der Waals surface area contributed by atoms with Crippen LogP contribution in [0, 0.1) is 0 Å². The van der Waals surface area contributed by atoms with Crippen LogP contribution in [0.1, 0.15) is 31.2 Å². The number of hydrogen-bond acceptors (Lipinski definition) is 4. The number of halogens is 1. The van der Waals surface area contributed by atoms with Crippen LogP contribution in [0.25, 0.3) is 0 Å². The molecule has 2 unspecified atom stereocenters. The van der Waals surface area contributed by atoms with Gasteiger partial charge in [-0.2, -0.15) is 0 Å². The van der Waals surface area contributed by atoms with Gasteiger partial charge in [-0.15, -0.1) is 11.3 Å². The van der Waals surface area contributed by atoms with Gasteiger partial charge >= 0.3 is 0 Å². The first kappa shape index (κ1) is 16.3. The molecule has 0 spiro atoms. The second-order valence-electron chi connectivity index (χ2n) is 4.86. The minimum Gasteiger partial charge on any atom is -0.494 e. The molecule has 0 fully saturated rings. The third-order valence-corrected chi connectivity index (χ3v) is 4.60. The van der Waals surface area contributed by atoms with Crippen molar-refractivity contribution in [1.29, 1.82) is 0 Å². The number of hydrogen-bond donors (Lipinski definition) is 1. The lowest BCUT2D eigenvalue weighted by Gasteiger charge is -2.21. The van der Waals surface area contributed by atoms with E-state index in [0.29, 0.717) is 0 Å². The molecule has 0 bridgehead atoms. The summed E-state index contributed by atoms with van der Waals surface area (Å²) in [6.07, 6.45) is 0.849. The van der Waals surface area contributed by atoms with Gasteiger partial charge in [-0.3, -0.25) is 0 Å². The third-order valence-electron chi connectivity index (χ3n) is 2.91. The van der Waals surface area contributed by atoms with Crippen LogP contribution >= 0.6 is 27.3 Å². The third kappa shape index (κ3) is 4.73. The highest BCUT2D eigenvalue weighted by molar-refractivity contribution is 9.11. The Morgan fingerprint density at radius 1 is 1.14 bits per heavy atom. The van der Waals surface area contributed by atoms with Crippen molar-refractivity contribution in [2.24, 2.45) is 5.73 Å². The number of rotatable bonds is 7. The molecule has 2 aromatic rings. The lowest BCUT2D eigenvalue weighted by atomic mass is 10.1. The topological polar surface area (TPSA) is 44.5 Å². The SMILES string of the molecule is CCCOc1ccc(OC(c2ccc(Br)s2)C(C)N)cc1. The minimum atomic E-state index is -0.149. The van der Waals surface area contributed by atoms with Gasteiger partial charge in [0.25, 0.3) is 0 Å². The van der Waals surface area contributed by atoms with Crippen LogP contribution in [0.3, 0.4) is 0 Å². The van der Waals surface area contributed by atoms with Crippen LogP contribution in [0.2, 0.25) is 0 Å². The van der Waals surface area contributed by atoms with E-state index < -0.39 is 0 Å². The summed E-state index contributed by atoms with van der Waals surface area (Å²) >= 11 is 5.12. The van der Waals surface area contributed by atoms with Gasteiger partial charge in [0, 0.05) is 10.9 Å². The molecular weight excluding hydrogens is 350 g/mol. The molecule has 3 nitrogen and oxygen atoms in total. The van der Waals surface area contributed by atoms with Crippen molar-refractivity contribution in [3.8, 4) is 11.5 Å². The predicted octanol–water partition coefficient (Wildman–Crippen LogP) is 4.77. The molecule has 0 saturated carbocycles. The van der Waals surface area contributed by atoms with E-state index in [-0.39, 0.29) is 12.1 Å². The maximum atomic E-state index is 6.06. The van der Waals surface area contributed by atoms with Gasteiger partial charge in [-0.25, -0.2) is 0 Å². The Morgan fingerprint density at radius 3 is 2.33 bits per heavy atom. The molecular formula is C16H20BrNO2S. The smallest absolute Gasteiger partial charge is 0.148 e. The summed E-state index contributed by atoms with van der Waals surface area (Å²) in [5.41, 5.74) is 6.06. The summed E-state index contributed by atoms with van der Waals surface area (Å²) in [6, 6.07) is 11.7. The zero-order chi connectivity index (χ0) is 15.2. The highest BCUT2D eigenvalue weighted by Gasteiger charge is 2.20. The molecule has 5 heteroatoms. The zero-order valence-electron chi connectivity index (χ0n) is 12.2. The largest absolute Gasteiger partial charge is 0.494 e. The summed E-state index contributed by atoms with van der Waals surface area (Å²) in [5, 5.41) is 0. The molecule has 1 aromatic carbocycles. The van der Waals surface area contributed by atoms with E-state index in [1.165, 1.54) is 0 Å². The van der Waals surface area contributed by atoms with Crippen molar-refractivity contribution in [3.63, 3.8) is 0 Å². The molecule has 2 rings (SSSR count). The van der Waals surface area contributed by atoms with Gasteiger partial charge in [0.1, 0.15) is 17.6 Å². The molecule has 0 aliphatic rings. The Balaban J connectivity index is 2.07. The maximum absolute atomic E-state index is 6.06. The Morgan fingerprint density at radius 2 is 1.81 bits per heavy atom. The first-order valence-electron chi connectivity index (χ1n) is 7.00. The van der Waals surface area contributed by atoms with Crippen molar-refractivity contribution in [1.82, 2.24) is 0 Å². The zero-order valence-corrected chi connectivity index (χ0v) is 14.6. The molecule has 21 heavy (non-hydrogen) atoms. The molecule has 0 aliphatic carbocycles. The van der Waals surface area contributed by atoms with E-state index in [1.807, 2.05) is 43.3 Å². The van der Waals surface area contributed by atoms with Crippen LogP contribution in [0.15, 0.2) is 40.2 Å². The average molecular weight is 370 g/mol. The van der Waals surface area contributed by atoms with Crippen LogP contribution < -0.4 is 15.2 Å². The highest BCUT2D eigenvalue weighted by Crippen LogP contribution is 2.32. The second kappa shape index (κ2) is 7.82.